The summed E-state index contributed by atoms with van der Waals surface area (Å²) in [7, 11) is 0. The van der Waals surface area contributed by atoms with Crippen LogP contribution in [0.4, 0.5) is 0 Å². The van der Waals surface area contributed by atoms with Crippen molar-refractivity contribution >= 4 is 28.7 Å². The first-order valence-corrected chi connectivity index (χ1v) is 12.4. The van der Waals surface area contributed by atoms with Crippen molar-refractivity contribution in [2.24, 2.45) is 5.92 Å². The topological polar surface area (TPSA) is 106 Å². The second-order valence-electron chi connectivity index (χ2n) is 9.13. The number of esters is 1. The van der Waals surface area contributed by atoms with Gasteiger partial charge >= 0.3 is 11.9 Å². The molecule has 1 aliphatic heterocycles. The third-order valence-electron chi connectivity index (χ3n) is 6.73. The van der Waals surface area contributed by atoms with Crippen LogP contribution in [-0.2, 0) is 20.7 Å². The van der Waals surface area contributed by atoms with Crippen LogP contribution in [0.25, 0.3) is 22.4 Å². The van der Waals surface area contributed by atoms with E-state index in [1.54, 1.807) is 26.2 Å². The standard InChI is InChI=1S/C30H28N4O4/c1-4-38-30(37)27-23(16-20-8-6-5-7-9-20)26(29(35)36)18(2)32-28(27)21-10-12-22(13-11-21)34-19(3)33-24-17-31-15-14-25(24)34/h5-15,17,23,32H,4,16H2,1-3H3,(H,35,36). The fraction of sp³-hybridized carbons (Fsp3) is 0.200. The molecule has 1 atom stereocenters. The molecule has 0 radical (unpaired) electrons. The van der Waals surface area contributed by atoms with Crippen LogP contribution in [0.2, 0.25) is 0 Å². The van der Waals surface area contributed by atoms with Gasteiger partial charge in [-0.1, -0.05) is 42.5 Å². The van der Waals surface area contributed by atoms with Gasteiger partial charge in [0, 0.05) is 23.5 Å². The number of aryl methyl sites for hydroxylation is 1. The second-order valence-corrected chi connectivity index (χ2v) is 9.13. The molecule has 0 bridgehead atoms. The first-order valence-electron chi connectivity index (χ1n) is 12.4. The Kier molecular flexibility index (Phi) is 6.79. The van der Waals surface area contributed by atoms with Gasteiger partial charge in [0.25, 0.3) is 0 Å². The summed E-state index contributed by atoms with van der Waals surface area (Å²) in [6.07, 6.45) is 3.82. The number of hydrogen-bond donors (Lipinski definition) is 2. The SMILES string of the molecule is CCOC(=O)C1=C(c2ccc(-n3c(C)nc4cnccc43)cc2)NC(C)=C(C(=O)O)C1Cc1ccccc1. The molecular formula is C30H28N4O4. The van der Waals surface area contributed by atoms with E-state index in [9.17, 15) is 14.7 Å². The van der Waals surface area contributed by atoms with E-state index in [1.807, 2.05) is 72.2 Å². The maximum absolute atomic E-state index is 13.3. The molecule has 38 heavy (non-hydrogen) atoms. The number of aromatic nitrogens is 3. The molecule has 3 heterocycles. The number of nitrogens with zero attached hydrogens (tertiary/aromatic N) is 3. The van der Waals surface area contributed by atoms with Crippen molar-refractivity contribution in [2.75, 3.05) is 6.61 Å². The molecule has 0 spiro atoms. The molecule has 192 valence electrons. The molecule has 0 fully saturated rings. The quantitative estimate of drug-likeness (QED) is 0.345. The number of imidazole rings is 1. The summed E-state index contributed by atoms with van der Waals surface area (Å²) in [5.74, 6) is -1.45. The minimum Gasteiger partial charge on any atom is -0.478 e. The highest BCUT2D eigenvalue weighted by Crippen LogP contribution is 2.37. The minimum atomic E-state index is -1.07. The van der Waals surface area contributed by atoms with Crippen LogP contribution in [0.5, 0.6) is 0 Å². The molecule has 0 saturated heterocycles. The van der Waals surface area contributed by atoms with E-state index >= 15 is 0 Å². The highest BCUT2D eigenvalue weighted by Gasteiger charge is 2.37. The number of carbonyl (C=O) groups is 2. The summed E-state index contributed by atoms with van der Waals surface area (Å²) in [6, 6.07) is 19.2. The fourth-order valence-corrected chi connectivity index (χ4v) is 5.10. The third-order valence-corrected chi connectivity index (χ3v) is 6.73. The lowest BCUT2D eigenvalue weighted by Crippen LogP contribution is -2.34. The minimum absolute atomic E-state index is 0.159. The Morgan fingerprint density at radius 3 is 2.45 bits per heavy atom. The van der Waals surface area contributed by atoms with E-state index in [4.69, 9.17) is 4.74 Å². The third kappa shape index (κ3) is 4.56. The lowest BCUT2D eigenvalue weighted by Gasteiger charge is -2.31. The normalized spacial score (nSPS) is 15.5. The van der Waals surface area contributed by atoms with Gasteiger partial charge in [0.05, 0.1) is 35.2 Å². The van der Waals surface area contributed by atoms with Crippen molar-refractivity contribution in [1.29, 1.82) is 0 Å². The Bertz CT molecular complexity index is 1580. The lowest BCUT2D eigenvalue weighted by molar-refractivity contribution is -0.139. The first kappa shape index (κ1) is 25.0. The van der Waals surface area contributed by atoms with Crippen molar-refractivity contribution in [1.82, 2.24) is 19.9 Å². The van der Waals surface area contributed by atoms with Crippen LogP contribution in [0.3, 0.4) is 0 Å². The van der Waals surface area contributed by atoms with Crippen molar-refractivity contribution in [3.63, 3.8) is 0 Å². The highest BCUT2D eigenvalue weighted by atomic mass is 16.5. The largest absolute Gasteiger partial charge is 0.478 e. The van der Waals surface area contributed by atoms with E-state index in [1.165, 1.54) is 0 Å². The number of pyridine rings is 1. The maximum Gasteiger partial charge on any atom is 0.336 e. The monoisotopic (exact) mass is 508 g/mol. The number of benzene rings is 2. The molecule has 8 nitrogen and oxygen atoms in total. The lowest BCUT2D eigenvalue weighted by atomic mass is 9.80. The molecule has 0 amide bonds. The first-order chi connectivity index (χ1) is 18.4. The van der Waals surface area contributed by atoms with Gasteiger partial charge in [-0.05, 0) is 56.5 Å². The number of carbonyl (C=O) groups excluding carboxylic acids is 1. The number of hydrogen-bond acceptors (Lipinski definition) is 6. The van der Waals surface area contributed by atoms with Gasteiger partial charge in [-0.2, -0.15) is 0 Å². The Labute approximate surface area is 220 Å². The number of carboxylic acids is 1. The van der Waals surface area contributed by atoms with E-state index in [-0.39, 0.29) is 12.2 Å². The average molecular weight is 509 g/mol. The molecule has 1 aliphatic rings. The van der Waals surface area contributed by atoms with E-state index < -0.39 is 17.9 Å². The Morgan fingerprint density at radius 2 is 1.76 bits per heavy atom. The smallest absolute Gasteiger partial charge is 0.336 e. The summed E-state index contributed by atoms with van der Waals surface area (Å²) >= 11 is 0. The van der Waals surface area contributed by atoms with Crippen LogP contribution < -0.4 is 5.32 Å². The molecule has 4 aromatic rings. The predicted molar refractivity (Wildman–Crippen MR) is 144 cm³/mol. The van der Waals surface area contributed by atoms with Crippen LogP contribution in [0, 0.1) is 12.8 Å². The predicted octanol–water partition coefficient (Wildman–Crippen LogP) is 4.82. The molecule has 0 saturated carbocycles. The number of carboxylic acid groups (broad SMARTS) is 1. The number of ether oxygens (including phenoxy) is 1. The number of rotatable bonds is 7. The summed E-state index contributed by atoms with van der Waals surface area (Å²) < 4.78 is 7.48. The van der Waals surface area contributed by atoms with Gasteiger partial charge in [-0.25, -0.2) is 14.6 Å². The second kappa shape index (κ2) is 10.3. The molecule has 0 aliphatic carbocycles. The zero-order valence-electron chi connectivity index (χ0n) is 21.4. The van der Waals surface area contributed by atoms with Gasteiger partial charge in [0.15, 0.2) is 0 Å². The van der Waals surface area contributed by atoms with Crippen LogP contribution in [-0.4, -0.2) is 38.2 Å². The Balaban J connectivity index is 1.62. The van der Waals surface area contributed by atoms with Gasteiger partial charge in [-0.15, -0.1) is 0 Å². The average Bonchev–Trinajstić information content (AvgIpc) is 3.24. The van der Waals surface area contributed by atoms with Crippen molar-refractivity contribution in [2.45, 2.75) is 27.2 Å². The van der Waals surface area contributed by atoms with Crippen LogP contribution >= 0.6 is 0 Å². The molecule has 2 aromatic carbocycles. The molecular weight excluding hydrogens is 480 g/mol. The highest BCUT2D eigenvalue weighted by molar-refractivity contribution is 6.03. The van der Waals surface area contributed by atoms with Crippen molar-refractivity contribution < 1.29 is 19.4 Å². The molecule has 2 aromatic heterocycles. The molecule has 5 rings (SSSR count). The molecule has 2 N–H and O–H groups in total. The van der Waals surface area contributed by atoms with E-state index in [0.717, 1.165) is 33.7 Å². The van der Waals surface area contributed by atoms with Crippen molar-refractivity contribution in [3.8, 4) is 5.69 Å². The summed E-state index contributed by atoms with van der Waals surface area (Å²) in [6.45, 7) is 5.59. The Hall–Kier alpha value is -4.72. The summed E-state index contributed by atoms with van der Waals surface area (Å²) in [5, 5.41) is 13.3. The number of dihydropyridines is 1. The van der Waals surface area contributed by atoms with Gasteiger partial charge in [-0.3, -0.25) is 9.55 Å². The van der Waals surface area contributed by atoms with Gasteiger partial charge in [0.1, 0.15) is 11.3 Å². The van der Waals surface area contributed by atoms with Gasteiger partial charge in [0.2, 0.25) is 0 Å². The van der Waals surface area contributed by atoms with Gasteiger partial charge < -0.3 is 15.2 Å². The molecule has 1 unspecified atom stereocenters. The van der Waals surface area contributed by atoms with Crippen molar-refractivity contribution in [3.05, 3.63) is 107 Å². The zero-order chi connectivity index (χ0) is 26.8. The van der Waals surface area contributed by atoms with Crippen LogP contribution in [0.1, 0.15) is 30.8 Å². The Morgan fingerprint density at radius 1 is 1.03 bits per heavy atom. The number of nitrogens with one attached hydrogen (secondary N) is 1. The van der Waals surface area contributed by atoms with E-state index in [2.05, 4.69) is 15.3 Å². The number of fused-ring (bicyclic) bond motifs is 1. The summed E-state index contributed by atoms with van der Waals surface area (Å²) in [5.41, 5.74) is 5.86. The zero-order valence-corrected chi connectivity index (χ0v) is 21.4. The fourth-order valence-electron chi connectivity index (χ4n) is 5.10. The number of aliphatic carboxylic acids is 1. The van der Waals surface area contributed by atoms with E-state index in [0.29, 0.717) is 23.4 Å². The number of allylic oxidation sites excluding steroid dienone is 1. The molecule has 8 heteroatoms. The summed E-state index contributed by atoms with van der Waals surface area (Å²) in [4.78, 5) is 34.5. The maximum atomic E-state index is 13.3. The van der Waals surface area contributed by atoms with Crippen LogP contribution in [0.15, 0.2) is 89.9 Å².